The minimum Gasteiger partial charge on any atom is -0.324 e. The molecule has 23 heavy (non-hydrogen) atoms. The summed E-state index contributed by atoms with van der Waals surface area (Å²) in [7, 11) is -3.66. The predicted octanol–water partition coefficient (Wildman–Crippen LogP) is 3.23. The minimum absolute atomic E-state index is 0.0820. The van der Waals surface area contributed by atoms with Crippen molar-refractivity contribution < 1.29 is 13.2 Å². The monoisotopic (exact) mass is 348 g/mol. The van der Waals surface area contributed by atoms with E-state index in [4.69, 9.17) is 0 Å². The third-order valence-electron chi connectivity index (χ3n) is 3.55. The van der Waals surface area contributed by atoms with Gasteiger partial charge < -0.3 is 5.32 Å². The summed E-state index contributed by atoms with van der Waals surface area (Å²) < 4.78 is 27.6. The SMILES string of the molecule is Cc1ccccc1S(=O)(=O)Nc1ccc2c(c1)NC(=O)C(C)S2. The van der Waals surface area contributed by atoms with Crippen molar-refractivity contribution in [2.75, 3.05) is 10.0 Å². The third kappa shape index (κ3) is 3.20. The van der Waals surface area contributed by atoms with E-state index in [1.165, 1.54) is 11.8 Å². The maximum absolute atomic E-state index is 12.5. The van der Waals surface area contributed by atoms with Crippen LogP contribution in [0, 0.1) is 6.92 Å². The number of aryl methyl sites for hydroxylation is 1. The maximum Gasteiger partial charge on any atom is 0.262 e. The van der Waals surface area contributed by atoms with Crippen molar-refractivity contribution in [3.8, 4) is 0 Å². The van der Waals surface area contributed by atoms with Crippen LogP contribution in [0.2, 0.25) is 0 Å². The molecule has 0 fully saturated rings. The standard InChI is InChI=1S/C16H16N2O3S2/c1-10-5-3-4-6-15(10)23(20,21)18-12-7-8-14-13(9-12)17-16(19)11(2)22-14/h3-9,11,18H,1-2H3,(H,17,19). The van der Waals surface area contributed by atoms with Crippen molar-refractivity contribution in [2.45, 2.75) is 28.9 Å². The van der Waals surface area contributed by atoms with E-state index in [-0.39, 0.29) is 16.1 Å². The molecular formula is C16H16N2O3S2. The molecule has 0 radical (unpaired) electrons. The normalized spacial score (nSPS) is 17.3. The van der Waals surface area contributed by atoms with Crippen LogP contribution in [0.15, 0.2) is 52.3 Å². The van der Waals surface area contributed by atoms with Crippen molar-refractivity contribution in [3.05, 3.63) is 48.0 Å². The van der Waals surface area contributed by atoms with Gasteiger partial charge in [0.2, 0.25) is 5.91 Å². The van der Waals surface area contributed by atoms with Crippen LogP contribution in [-0.2, 0) is 14.8 Å². The summed E-state index contributed by atoms with van der Waals surface area (Å²) in [6.45, 7) is 3.58. The predicted molar refractivity (Wildman–Crippen MR) is 92.4 cm³/mol. The van der Waals surface area contributed by atoms with Crippen LogP contribution in [0.3, 0.4) is 0 Å². The molecule has 2 aromatic carbocycles. The van der Waals surface area contributed by atoms with E-state index in [0.29, 0.717) is 16.9 Å². The Hall–Kier alpha value is -1.99. The molecule has 1 unspecified atom stereocenters. The van der Waals surface area contributed by atoms with E-state index in [2.05, 4.69) is 10.0 Å². The highest BCUT2D eigenvalue weighted by atomic mass is 32.2. The lowest BCUT2D eigenvalue weighted by Crippen LogP contribution is -2.26. The molecule has 1 heterocycles. The van der Waals surface area contributed by atoms with Gasteiger partial charge in [-0.25, -0.2) is 8.42 Å². The number of benzene rings is 2. The Labute approximate surface area is 139 Å². The second-order valence-electron chi connectivity index (χ2n) is 5.33. The van der Waals surface area contributed by atoms with Crippen LogP contribution in [0.4, 0.5) is 11.4 Å². The largest absolute Gasteiger partial charge is 0.324 e. The first-order valence-electron chi connectivity index (χ1n) is 7.07. The fourth-order valence-corrected chi connectivity index (χ4v) is 4.57. The van der Waals surface area contributed by atoms with Crippen LogP contribution in [0.25, 0.3) is 0 Å². The lowest BCUT2D eigenvalue weighted by molar-refractivity contribution is -0.115. The van der Waals surface area contributed by atoms with Crippen molar-refractivity contribution in [1.29, 1.82) is 0 Å². The molecule has 5 nitrogen and oxygen atoms in total. The van der Waals surface area contributed by atoms with Crippen molar-refractivity contribution >= 4 is 39.1 Å². The molecule has 2 aromatic rings. The molecule has 1 aliphatic heterocycles. The summed E-state index contributed by atoms with van der Waals surface area (Å²) in [5.74, 6) is -0.0820. The molecule has 0 saturated carbocycles. The first-order valence-corrected chi connectivity index (χ1v) is 9.43. The zero-order valence-corrected chi connectivity index (χ0v) is 14.3. The van der Waals surface area contributed by atoms with Crippen LogP contribution in [0.1, 0.15) is 12.5 Å². The molecule has 7 heteroatoms. The number of nitrogens with one attached hydrogen (secondary N) is 2. The summed E-state index contributed by atoms with van der Waals surface area (Å²) in [5, 5.41) is 2.64. The van der Waals surface area contributed by atoms with Gasteiger partial charge in [-0.1, -0.05) is 18.2 Å². The van der Waals surface area contributed by atoms with Crippen molar-refractivity contribution in [2.24, 2.45) is 0 Å². The zero-order valence-electron chi connectivity index (χ0n) is 12.7. The van der Waals surface area contributed by atoms with Gasteiger partial charge in [-0.2, -0.15) is 0 Å². The second kappa shape index (κ2) is 5.90. The average Bonchev–Trinajstić information content (AvgIpc) is 2.48. The molecule has 3 rings (SSSR count). The van der Waals surface area contributed by atoms with Gasteiger partial charge in [-0.15, -0.1) is 11.8 Å². The lowest BCUT2D eigenvalue weighted by Gasteiger charge is -2.22. The number of anilines is 2. The number of amides is 1. The van der Waals surface area contributed by atoms with Gasteiger partial charge in [-0.3, -0.25) is 9.52 Å². The quantitative estimate of drug-likeness (QED) is 0.893. The van der Waals surface area contributed by atoms with Gasteiger partial charge in [0.1, 0.15) is 0 Å². The lowest BCUT2D eigenvalue weighted by atomic mass is 10.2. The Balaban J connectivity index is 1.91. The number of sulfonamides is 1. The Kier molecular flexibility index (Phi) is 4.08. The van der Waals surface area contributed by atoms with Crippen LogP contribution >= 0.6 is 11.8 Å². The summed E-state index contributed by atoms with van der Waals surface area (Å²) in [5.41, 5.74) is 1.72. The van der Waals surface area contributed by atoms with E-state index < -0.39 is 10.0 Å². The van der Waals surface area contributed by atoms with Crippen molar-refractivity contribution in [1.82, 2.24) is 0 Å². The van der Waals surface area contributed by atoms with E-state index >= 15 is 0 Å². The Bertz CT molecular complexity index is 879. The number of hydrogen-bond donors (Lipinski definition) is 2. The summed E-state index contributed by atoms with van der Waals surface area (Å²) >= 11 is 1.46. The number of fused-ring (bicyclic) bond motifs is 1. The van der Waals surface area contributed by atoms with Gasteiger partial charge in [-0.05, 0) is 43.7 Å². The van der Waals surface area contributed by atoms with E-state index in [1.807, 2.05) is 13.0 Å². The van der Waals surface area contributed by atoms with Crippen LogP contribution in [-0.4, -0.2) is 19.6 Å². The second-order valence-corrected chi connectivity index (χ2v) is 8.36. The molecule has 0 saturated heterocycles. The number of hydrogen-bond acceptors (Lipinski definition) is 4. The molecule has 0 aromatic heterocycles. The third-order valence-corrected chi connectivity index (χ3v) is 6.26. The Morgan fingerprint density at radius 2 is 1.91 bits per heavy atom. The van der Waals surface area contributed by atoms with E-state index in [9.17, 15) is 13.2 Å². The van der Waals surface area contributed by atoms with Gasteiger partial charge in [0.15, 0.2) is 0 Å². The average molecular weight is 348 g/mol. The molecule has 1 atom stereocenters. The van der Waals surface area contributed by atoms with E-state index in [1.54, 1.807) is 43.3 Å². The minimum atomic E-state index is -3.66. The topological polar surface area (TPSA) is 75.3 Å². The highest BCUT2D eigenvalue weighted by Crippen LogP contribution is 2.37. The number of carbonyl (C=O) groups is 1. The van der Waals surface area contributed by atoms with E-state index in [0.717, 1.165) is 4.90 Å². The van der Waals surface area contributed by atoms with Crippen LogP contribution in [0.5, 0.6) is 0 Å². The Morgan fingerprint density at radius 3 is 2.65 bits per heavy atom. The zero-order chi connectivity index (χ0) is 16.6. The molecule has 1 aliphatic rings. The number of carbonyl (C=O) groups excluding carboxylic acids is 1. The summed E-state index contributed by atoms with van der Waals surface area (Å²) in [6, 6.07) is 11.9. The maximum atomic E-state index is 12.5. The molecule has 0 bridgehead atoms. The number of rotatable bonds is 3. The van der Waals surface area contributed by atoms with Crippen LogP contribution < -0.4 is 10.0 Å². The first kappa shape index (κ1) is 15.9. The fraction of sp³-hybridized carbons (Fsp3) is 0.188. The number of thioether (sulfide) groups is 1. The Morgan fingerprint density at radius 1 is 1.17 bits per heavy atom. The molecule has 0 aliphatic carbocycles. The molecule has 0 spiro atoms. The molecule has 120 valence electrons. The first-order chi connectivity index (χ1) is 10.9. The summed E-state index contributed by atoms with van der Waals surface area (Å²) in [6.07, 6.45) is 0. The molecule has 2 N–H and O–H groups in total. The fourth-order valence-electron chi connectivity index (χ4n) is 2.34. The van der Waals surface area contributed by atoms with Gasteiger partial charge in [0, 0.05) is 4.90 Å². The highest BCUT2D eigenvalue weighted by Gasteiger charge is 2.24. The van der Waals surface area contributed by atoms with Gasteiger partial charge in [0.05, 0.1) is 21.5 Å². The smallest absolute Gasteiger partial charge is 0.262 e. The summed E-state index contributed by atoms with van der Waals surface area (Å²) in [4.78, 5) is 12.9. The van der Waals surface area contributed by atoms with Crippen molar-refractivity contribution in [3.63, 3.8) is 0 Å². The molecule has 1 amide bonds. The highest BCUT2D eigenvalue weighted by molar-refractivity contribution is 8.01. The van der Waals surface area contributed by atoms with Gasteiger partial charge in [0.25, 0.3) is 10.0 Å². The molecular weight excluding hydrogens is 332 g/mol. The van der Waals surface area contributed by atoms with Gasteiger partial charge >= 0.3 is 0 Å².